The van der Waals surface area contributed by atoms with E-state index < -0.39 is 6.10 Å². The number of nitrogens with zero attached hydrogens (tertiary/aromatic N) is 1. The molecule has 1 fully saturated rings. The highest BCUT2D eigenvalue weighted by Gasteiger charge is 2.17. The van der Waals surface area contributed by atoms with E-state index in [0.717, 1.165) is 43.2 Å². The average molecular weight is 304 g/mol. The van der Waals surface area contributed by atoms with Gasteiger partial charge < -0.3 is 15.3 Å². The van der Waals surface area contributed by atoms with Gasteiger partial charge in [-0.1, -0.05) is 26.0 Å². The Balaban J connectivity index is 1.81. The lowest BCUT2D eigenvalue weighted by Crippen LogP contribution is -2.35. The summed E-state index contributed by atoms with van der Waals surface area (Å²) in [5.41, 5.74) is 1.70. The molecule has 2 N–H and O–H groups in total. The number of anilines is 1. The molecule has 0 radical (unpaired) electrons. The van der Waals surface area contributed by atoms with Crippen LogP contribution in [-0.4, -0.2) is 35.5 Å². The van der Waals surface area contributed by atoms with Crippen LogP contribution in [0.5, 0.6) is 0 Å². The molecule has 4 heteroatoms. The molecule has 1 amide bonds. The SMILES string of the molecule is CCC(=O)Nc1ccc(C(O)CCN2CCCC(C)C2)cc1. The summed E-state index contributed by atoms with van der Waals surface area (Å²) >= 11 is 0. The number of piperidine rings is 1. The first-order valence-corrected chi connectivity index (χ1v) is 8.38. The van der Waals surface area contributed by atoms with Gasteiger partial charge >= 0.3 is 0 Å². The Morgan fingerprint density at radius 3 is 2.77 bits per heavy atom. The molecular formula is C18H28N2O2. The number of rotatable bonds is 6. The van der Waals surface area contributed by atoms with Crippen LogP contribution in [0.4, 0.5) is 5.69 Å². The van der Waals surface area contributed by atoms with Crippen LogP contribution < -0.4 is 5.32 Å². The third kappa shape index (κ3) is 5.11. The van der Waals surface area contributed by atoms with Crippen molar-refractivity contribution in [1.29, 1.82) is 0 Å². The van der Waals surface area contributed by atoms with E-state index >= 15 is 0 Å². The zero-order valence-corrected chi connectivity index (χ0v) is 13.7. The fourth-order valence-electron chi connectivity index (χ4n) is 3.00. The van der Waals surface area contributed by atoms with Crippen LogP contribution in [-0.2, 0) is 4.79 Å². The number of hydrogen-bond donors (Lipinski definition) is 2. The number of likely N-dealkylation sites (tertiary alicyclic amines) is 1. The first kappa shape index (κ1) is 17.0. The number of aliphatic hydroxyl groups excluding tert-OH is 1. The Bertz CT molecular complexity index is 472. The Morgan fingerprint density at radius 2 is 2.14 bits per heavy atom. The van der Waals surface area contributed by atoms with E-state index in [1.54, 1.807) is 0 Å². The predicted molar refractivity (Wildman–Crippen MR) is 89.8 cm³/mol. The summed E-state index contributed by atoms with van der Waals surface area (Å²) in [5.74, 6) is 0.778. The second kappa shape index (κ2) is 8.30. The van der Waals surface area contributed by atoms with Crippen molar-refractivity contribution in [2.24, 2.45) is 5.92 Å². The molecule has 1 aliphatic rings. The first-order valence-electron chi connectivity index (χ1n) is 8.38. The Hall–Kier alpha value is -1.39. The smallest absolute Gasteiger partial charge is 0.224 e. The topological polar surface area (TPSA) is 52.6 Å². The quantitative estimate of drug-likeness (QED) is 0.848. The summed E-state index contributed by atoms with van der Waals surface area (Å²) in [6.07, 6.45) is 3.38. The Kier molecular flexibility index (Phi) is 6.40. The van der Waals surface area contributed by atoms with Crippen molar-refractivity contribution in [2.75, 3.05) is 25.0 Å². The summed E-state index contributed by atoms with van der Waals surface area (Å²) < 4.78 is 0. The van der Waals surface area contributed by atoms with E-state index in [1.807, 2.05) is 31.2 Å². The van der Waals surface area contributed by atoms with Crippen LogP contribution in [0.2, 0.25) is 0 Å². The summed E-state index contributed by atoms with van der Waals surface area (Å²) in [4.78, 5) is 13.8. The van der Waals surface area contributed by atoms with Crippen LogP contribution in [0, 0.1) is 5.92 Å². The third-order valence-corrected chi connectivity index (χ3v) is 4.36. The minimum absolute atomic E-state index is 0.00696. The van der Waals surface area contributed by atoms with Gasteiger partial charge in [0.05, 0.1) is 6.10 Å². The fourth-order valence-corrected chi connectivity index (χ4v) is 3.00. The van der Waals surface area contributed by atoms with Crippen LogP contribution in [0.15, 0.2) is 24.3 Å². The van der Waals surface area contributed by atoms with Crippen LogP contribution in [0.1, 0.15) is 51.2 Å². The molecule has 1 aromatic carbocycles. The monoisotopic (exact) mass is 304 g/mol. The summed E-state index contributed by atoms with van der Waals surface area (Å²) in [6, 6.07) is 7.51. The third-order valence-electron chi connectivity index (χ3n) is 4.36. The van der Waals surface area contributed by atoms with Crippen molar-refractivity contribution in [2.45, 2.75) is 45.6 Å². The van der Waals surface area contributed by atoms with Gasteiger partial charge in [-0.2, -0.15) is 0 Å². The summed E-state index contributed by atoms with van der Waals surface area (Å²) in [6.45, 7) is 7.37. The number of aliphatic hydroxyl groups is 1. The van der Waals surface area contributed by atoms with Crippen molar-refractivity contribution in [3.63, 3.8) is 0 Å². The molecule has 1 heterocycles. The standard InChI is InChI=1S/C18H28N2O2/c1-3-18(22)19-16-8-6-15(7-9-16)17(21)10-12-20-11-4-5-14(2)13-20/h6-9,14,17,21H,3-5,10-13H2,1-2H3,(H,19,22). The lowest BCUT2D eigenvalue weighted by molar-refractivity contribution is -0.115. The molecule has 2 unspecified atom stereocenters. The Labute approximate surface area is 133 Å². The Morgan fingerprint density at radius 1 is 1.41 bits per heavy atom. The molecule has 0 aromatic heterocycles. The van der Waals surface area contributed by atoms with Crippen molar-refractivity contribution in [3.8, 4) is 0 Å². The van der Waals surface area contributed by atoms with Gasteiger partial charge in [0.2, 0.25) is 5.91 Å². The molecular weight excluding hydrogens is 276 g/mol. The number of benzene rings is 1. The fraction of sp³-hybridized carbons (Fsp3) is 0.611. The van der Waals surface area contributed by atoms with Gasteiger partial charge in [-0.3, -0.25) is 4.79 Å². The second-order valence-electron chi connectivity index (χ2n) is 6.38. The number of carbonyl (C=O) groups excluding carboxylic acids is 1. The molecule has 22 heavy (non-hydrogen) atoms. The minimum Gasteiger partial charge on any atom is -0.388 e. The van der Waals surface area contributed by atoms with Gasteiger partial charge in [0.1, 0.15) is 0 Å². The van der Waals surface area contributed by atoms with Crippen LogP contribution in [0.3, 0.4) is 0 Å². The van der Waals surface area contributed by atoms with E-state index in [9.17, 15) is 9.90 Å². The number of nitrogens with one attached hydrogen (secondary N) is 1. The summed E-state index contributed by atoms with van der Waals surface area (Å²) in [7, 11) is 0. The second-order valence-corrected chi connectivity index (χ2v) is 6.38. The minimum atomic E-state index is -0.437. The van der Waals surface area contributed by atoms with E-state index in [-0.39, 0.29) is 5.91 Å². The van der Waals surface area contributed by atoms with Crippen LogP contribution >= 0.6 is 0 Å². The molecule has 1 aromatic rings. The van der Waals surface area contributed by atoms with Crippen molar-refractivity contribution < 1.29 is 9.90 Å². The van der Waals surface area contributed by atoms with Gasteiger partial charge in [-0.05, 0) is 49.4 Å². The van der Waals surface area contributed by atoms with Gasteiger partial charge in [0, 0.05) is 25.2 Å². The molecule has 0 aliphatic carbocycles. The average Bonchev–Trinajstić information content (AvgIpc) is 2.53. The van der Waals surface area contributed by atoms with Crippen molar-refractivity contribution in [3.05, 3.63) is 29.8 Å². The largest absolute Gasteiger partial charge is 0.388 e. The highest BCUT2D eigenvalue weighted by molar-refractivity contribution is 5.90. The molecule has 1 saturated heterocycles. The van der Waals surface area contributed by atoms with Gasteiger partial charge in [0.15, 0.2) is 0 Å². The molecule has 0 saturated carbocycles. The molecule has 122 valence electrons. The summed E-state index contributed by atoms with van der Waals surface area (Å²) in [5, 5.41) is 13.1. The lowest BCUT2D eigenvalue weighted by Gasteiger charge is -2.31. The van der Waals surface area contributed by atoms with Gasteiger partial charge in [-0.15, -0.1) is 0 Å². The molecule has 2 atom stereocenters. The zero-order chi connectivity index (χ0) is 15.9. The van der Waals surface area contributed by atoms with Gasteiger partial charge in [0.25, 0.3) is 0 Å². The molecule has 2 rings (SSSR count). The first-order chi connectivity index (χ1) is 10.6. The maximum Gasteiger partial charge on any atom is 0.224 e. The molecule has 1 aliphatic heterocycles. The molecule has 0 spiro atoms. The highest BCUT2D eigenvalue weighted by atomic mass is 16.3. The van der Waals surface area contributed by atoms with Gasteiger partial charge in [-0.25, -0.2) is 0 Å². The molecule has 4 nitrogen and oxygen atoms in total. The zero-order valence-electron chi connectivity index (χ0n) is 13.7. The van der Waals surface area contributed by atoms with Crippen molar-refractivity contribution >= 4 is 11.6 Å². The lowest BCUT2D eigenvalue weighted by atomic mass is 9.99. The maximum absolute atomic E-state index is 11.3. The predicted octanol–water partition coefficient (Wildman–Crippen LogP) is 3.19. The number of hydrogen-bond acceptors (Lipinski definition) is 3. The van der Waals surface area contributed by atoms with E-state index in [0.29, 0.717) is 6.42 Å². The van der Waals surface area contributed by atoms with E-state index in [4.69, 9.17) is 0 Å². The van der Waals surface area contributed by atoms with E-state index in [1.165, 1.54) is 12.8 Å². The number of carbonyl (C=O) groups is 1. The van der Waals surface area contributed by atoms with Crippen molar-refractivity contribution in [1.82, 2.24) is 4.90 Å². The molecule has 0 bridgehead atoms. The highest BCUT2D eigenvalue weighted by Crippen LogP contribution is 2.21. The van der Waals surface area contributed by atoms with Crippen LogP contribution in [0.25, 0.3) is 0 Å². The number of amides is 1. The van der Waals surface area contributed by atoms with E-state index in [2.05, 4.69) is 17.1 Å². The maximum atomic E-state index is 11.3. The normalized spacial score (nSPS) is 20.6.